The quantitative estimate of drug-likeness (QED) is 0.855. The first-order valence-corrected chi connectivity index (χ1v) is 8.49. The van der Waals surface area contributed by atoms with Crippen molar-refractivity contribution in [1.29, 1.82) is 0 Å². The van der Waals surface area contributed by atoms with E-state index in [0.717, 1.165) is 19.5 Å². The van der Waals surface area contributed by atoms with Gasteiger partial charge in [-0.2, -0.15) is 0 Å². The van der Waals surface area contributed by atoms with Gasteiger partial charge in [0, 0.05) is 17.8 Å². The van der Waals surface area contributed by atoms with E-state index in [1.54, 1.807) is 0 Å². The van der Waals surface area contributed by atoms with Crippen LogP contribution in [-0.2, 0) is 13.0 Å². The van der Waals surface area contributed by atoms with Crippen molar-refractivity contribution in [2.45, 2.75) is 47.6 Å². The van der Waals surface area contributed by atoms with Gasteiger partial charge in [-0.25, -0.2) is 4.98 Å². The topological polar surface area (TPSA) is 24.9 Å². The zero-order valence-electron chi connectivity index (χ0n) is 13.8. The van der Waals surface area contributed by atoms with E-state index in [0.29, 0.717) is 5.92 Å². The molecule has 0 spiro atoms. The van der Waals surface area contributed by atoms with E-state index in [4.69, 9.17) is 4.98 Å². The molecule has 114 valence electrons. The number of hydrogen-bond acceptors (Lipinski definition) is 3. The summed E-state index contributed by atoms with van der Waals surface area (Å²) < 4.78 is 0. The smallest absolute Gasteiger partial charge is 0.0975 e. The lowest BCUT2D eigenvalue weighted by Gasteiger charge is -2.05. The molecular formula is C18H26N2S. The van der Waals surface area contributed by atoms with E-state index < -0.39 is 0 Å². The van der Waals surface area contributed by atoms with Crippen molar-refractivity contribution in [1.82, 2.24) is 10.3 Å². The van der Waals surface area contributed by atoms with Crippen molar-refractivity contribution in [3.63, 3.8) is 0 Å². The Kier molecular flexibility index (Phi) is 5.54. The van der Waals surface area contributed by atoms with Gasteiger partial charge in [0.25, 0.3) is 0 Å². The summed E-state index contributed by atoms with van der Waals surface area (Å²) in [5.41, 5.74) is 5.25. The summed E-state index contributed by atoms with van der Waals surface area (Å²) in [6, 6.07) is 6.70. The number of benzene rings is 1. The second kappa shape index (κ2) is 7.19. The number of hydrogen-bond donors (Lipinski definition) is 1. The normalized spacial score (nSPS) is 11.3. The predicted octanol–water partition coefficient (Wildman–Crippen LogP) is 4.40. The van der Waals surface area contributed by atoms with E-state index in [9.17, 15) is 0 Å². The highest BCUT2D eigenvalue weighted by Gasteiger charge is 2.08. The zero-order valence-corrected chi connectivity index (χ0v) is 14.6. The molecule has 2 nitrogen and oxygen atoms in total. The van der Waals surface area contributed by atoms with Crippen LogP contribution in [0.25, 0.3) is 0 Å². The molecule has 0 bridgehead atoms. The van der Waals surface area contributed by atoms with Gasteiger partial charge in [0.15, 0.2) is 0 Å². The van der Waals surface area contributed by atoms with Crippen molar-refractivity contribution in [3.05, 3.63) is 50.5 Å². The molecule has 0 aliphatic carbocycles. The Morgan fingerprint density at radius 1 is 1.14 bits per heavy atom. The van der Waals surface area contributed by atoms with Crippen molar-refractivity contribution < 1.29 is 0 Å². The fraction of sp³-hybridized carbons (Fsp3) is 0.500. The van der Waals surface area contributed by atoms with Crippen molar-refractivity contribution in [2.75, 3.05) is 6.54 Å². The van der Waals surface area contributed by atoms with Gasteiger partial charge in [0.05, 0.1) is 10.7 Å². The summed E-state index contributed by atoms with van der Waals surface area (Å²) in [7, 11) is 0. The number of nitrogens with zero attached hydrogens (tertiary/aromatic N) is 1. The number of rotatable bonds is 6. The molecule has 1 heterocycles. The highest BCUT2D eigenvalue weighted by atomic mass is 32.1. The average Bonchev–Trinajstić information content (AvgIpc) is 2.74. The molecule has 21 heavy (non-hydrogen) atoms. The van der Waals surface area contributed by atoms with Crippen molar-refractivity contribution in [3.8, 4) is 0 Å². The monoisotopic (exact) mass is 302 g/mol. The molecule has 1 aromatic carbocycles. The van der Waals surface area contributed by atoms with Gasteiger partial charge >= 0.3 is 0 Å². The summed E-state index contributed by atoms with van der Waals surface area (Å²) in [6.45, 7) is 12.9. The van der Waals surface area contributed by atoms with Crippen LogP contribution in [0, 0.1) is 26.7 Å². The van der Waals surface area contributed by atoms with Crippen LogP contribution >= 0.6 is 11.3 Å². The minimum atomic E-state index is 0.688. The molecule has 0 radical (unpaired) electrons. The second-order valence-electron chi connectivity index (χ2n) is 6.24. The Hall–Kier alpha value is -1.19. The molecule has 3 heteroatoms. The highest BCUT2D eigenvalue weighted by molar-refractivity contribution is 7.11. The first-order valence-electron chi connectivity index (χ1n) is 7.67. The summed E-state index contributed by atoms with van der Waals surface area (Å²) in [5.74, 6) is 0.688. The Morgan fingerprint density at radius 3 is 2.57 bits per heavy atom. The van der Waals surface area contributed by atoms with Gasteiger partial charge in [-0.05, 0) is 49.9 Å². The standard InChI is InChI=1S/C18H26N2S/c1-12(2)10-19-11-17-15(5)20-18(21-17)9-16-7-6-13(3)14(4)8-16/h6-8,12,19H,9-11H2,1-5H3. The van der Waals surface area contributed by atoms with Crippen LogP contribution in [0.3, 0.4) is 0 Å². The molecule has 2 rings (SSSR count). The Labute approximate surface area is 132 Å². The fourth-order valence-corrected chi connectivity index (χ4v) is 3.36. The van der Waals surface area contributed by atoms with Crippen molar-refractivity contribution in [2.24, 2.45) is 5.92 Å². The Bertz CT molecular complexity index is 599. The largest absolute Gasteiger partial charge is 0.312 e. The zero-order chi connectivity index (χ0) is 15.4. The van der Waals surface area contributed by atoms with E-state index in [1.165, 1.54) is 32.3 Å². The summed E-state index contributed by atoms with van der Waals surface area (Å²) in [5, 5.41) is 4.73. The number of aryl methyl sites for hydroxylation is 3. The first kappa shape index (κ1) is 16.2. The molecule has 0 aliphatic rings. The second-order valence-corrected chi connectivity index (χ2v) is 7.40. The van der Waals surface area contributed by atoms with Crippen LogP contribution in [0.15, 0.2) is 18.2 Å². The lowest BCUT2D eigenvalue weighted by atomic mass is 10.0. The van der Waals surface area contributed by atoms with E-state index in [1.807, 2.05) is 11.3 Å². The molecule has 0 atom stereocenters. The molecule has 1 N–H and O–H groups in total. The molecule has 0 saturated carbocycles. The fourth-order valence-electron chi connectivity index (χ4n) is 2.29. The maximum absolute atomic E-state index is 4.73. The third-order valence-corrected chi connectivity index (χ3v) is 4.86. The van der Waals surface area contributed by atoms with Crippen molar-refractivity contribution >= 4 is 11.3 Å². The van der Waals surface area contributed by atoms with Gasteiger partial charge in [-0.3, -0.25) is 0 Å². The highest BCUT2D eigenvalue weighted by Crippen LogP contribution is 2.21. The molecule has 0 unspecified atom stereocenters. The lowest BCUT2D eigenvalue weighted by molar-refractivity contribution is 0.554. The SMILES string of the molecule is Cc1ccc(Cc2nc(C)c(CNCC(C)C)s2)cc1C. The molecule has 0 saturated heterocycles. The van der Waals surface area contributed by atoms with Gasteiger partial charge in [0.1, 0.15) is 0 Å². The molecule has 2 aromatic rings. The third-order valence-electron chi connectivity index (χ3n) is 3.70. The van der Waals surface area contributed by atoms with Crippen LogP contribution in [0.2, 0.25) is 0 Å². The summed E-state index contributed by atoms with van der Waals surface area (Å²) in [6.07, 6.45) is 0.941. The third kappa shape index (κ3) is 4.65. The molecule has 0 aliphatic heterocycles. The molecule has 0 amide bonds. The van der Waals surface area contributed by atoms with Crippen LogP contribution in [0.5, 0.6) is 0 Å². The first-order chi connectivity index (χ1) is 9.95. The number of nitrogens with one attached hydrogen (secondary N) is 1. The average molecular weight is 302 g/mol. The predicted molar refractivity (Wildman–Crippen MR) is 92.1 cm³/mol. The van der Waals surface area contributed by atoms with E-state index >= 15 is 0 Å². The van der Waals surface area contributed by atoms with E-state index in [-0.39, 0.29) is 0 Å². The van der Waals surface area contributed by atoms with Crippen LogP contribution in [-0.4, -0.2) is 11.5 Å². The maximum atomic E-state index is 4.73. The molecular weight excluding hydrogens is 276 g/mol. The minimum Gasteiger partial charge on any atom is -0.312 e. The van der Waals surface area contributed by atoms with Gasteiger partial charge < -0.3 is 5.32 Å². The summed E-state index contributed by atoms with van der Waals surface area (Å²) >= 11 is 1.84. The van der Waals surface area contributed by atoms with Gasteiger partial charge in [-0.1, -0.05) is 32.0 Å². The van der Waals surface area contributed by atoms with Crippen LogP contribution < -0.4 is 5.32 Å². The number of thiazole rings is 1. The molecule has 0 fully saturated rings. The Balaban J connectivity index is 2.02. The van der Waals surface area contributed by atoms with Crippen LogP contribution in [0.1, 0.15) is 46.1 Å². The minimum absolute atomic E-state index is 0.688. The number of aromatic nitrogens is 1. The van der Waals surface area contributed by atoms with E-state index in [2.05, 4.69) is 58.1 Å². The van der Waals surface area contributed by atoms with Crippen LogP contribution in [0.4, 0.5) is 0 Å². The van der Waals surface area contributed by atoms with Gasteiger partial charge in [-0.15, -0.1) is 11.3 Å². The maximum Gasteiger partial charge on any atom is 0.0975 e. The molecule has 1 aromatic heterocycles. The lowest BCUT2D eigenvalue weighted by Crippen LogP contribution is -2.18. The summed E-state index contributed by atoms with van der Waals surface area (Å²) in [4.78, 5) is 6.10. The Morgan fingerprint density at radius 2 is 1.90 bits per heavy atom. The van der Waals surface area contributed by atoms with Gasteiger partial charge in [0.2, 0.25) is 0 Å².